The Morgan fingerprint density at radius 2 is 0.937 bits per heavy atom. The third-order valence-electron chi connectivity index (χ3n) is 12.4. The van der Waals surface area contributed by atoms with Crippen LogP contribution < -0.4 is 4.74 Å². The lowest BCUT2D eigenvalue weighted by molar-refractivity contribution is 0.436. The Hall–Kier alpha value is -8.13. The molecule has 6 nitrogen and oxygen atoms in total. The zero-order chi connectivity index (χ0) is 41.5. The van der Waals surface area contributed by atoms with Gasteiger partial charge in [0.15, 0.2) is 23.3 Å². The van der Waals surface area contributed by atoms with E-state index in [4.69, 9.17) is 29.7 Å². The Kier molecular flexibility index (Phi) is 7.89. The van der Waals surface area contributed by atoms with Crippen LogP contribution in [-0.2, 0) is 5.41 Å². The van der Waals surface area contributed by atoms with Gasteiger partial charge in [-0.3, -0.25) is 0 Å². The van der Waals surface area contributed by atoms with E-state index >= 15 is 0 Å². The highest BCUT2D eigenvalue weighted by Crippen LogP contribution is 2.64. The van der Waals surface area contributed by atoms with Crippen molar-refractivity contribution < 1.29 is 4.74 Å². The summed E-state index contributed by atoms with van der Waals surface area (Å²) in [5.41, 5.74) is 12.4. The molecule has 0 atom stereocenters. The van der Waals surface area contributed by atoms with E-state index in [0.29, 0.717) is 23.3 Å². The van der Waals surface area contributed by atoms with E-state index in [-0.39, 0.29) is 0 Å². The first-order chi connectivity index (χ1) is 31.2. The maximum atomic E-state index is 6.76. The van der Waals surface area contributed by atoms with E-state index in [2.05, 4.69) is 127 Å². The van der Waals surface area contributed by atoms with Crippen LogP contribution in [0.25, 0.3) is 88.2 Å². The number of ether oxygens (including phenoxy) is 1. The maximum Gasteiger partial charge on any atom is 0.164 e. The Morgan fingerprint density at radius 3 is 1.60 bits per heavy atom. The molecule has 0 amide bonds. The number of para-hydroxylation sites is 2. The smallest absolute Gasteiger partial charge is 0.164 e. The van der Waals surface area contributed by atoms with Crippen LogP contribution in [-0.4, -0.2) is 24.9 Å². The van der Waals surface area contributed by atoms with Crippen molar-refractivity contribution in [2.45, 2.75) is 5.41 Å². The number of thiophene rings is 1. The van der Waals surface area contributed by atoms with Gasteiger partial charge >= 0.3 is 0 Å². The fourth-order valence-corrected chi connectivity index (χ4v) is 10.9. The highest BCUT2D eigenvalue weighted by atomic mass is 32.1. The fourth-order valence-electron chi connectivity index (χ4n) is 9.73. The molecule has 0 saturated carbocycles. The van der Waals surface area contributed by atoms with E-state index < -0.39 is 5.41 Å². The molecular formula is C56H33N5OS. The Labute approximate surface area is 366 Å². The molecule has 8 aromatic carbocycles. The van der Waals surface area contributed by atoms with Crippen LogP contribution in [0.3, 0.4) is 0 Å². The predicted octanol–water partition coefficient (Wildman–Crippen LogP) is 13.8. The third-order valence-corrected chi connectivity index (χ3v) is 13.6. The highest BCUT2D eigenvalue weighted by molar-refractivity contribution is 7.26. The molecule has 0 N–H and O–H groups in total. The van der Waals surface area contributed by atoms with Gasteiger partial charge in [0.05, 0.1) is 21.3 Å². The van der Waals surface area contributed by atoms with Gasteiger partial charge in [0.1, 0.15) is 11.5 Å². The van der Waals surface area contributed by atoms with Gasteiger partial charge in [-0.1, -0.05) is 176 Å². The molecule has 2 aliphatic rings. The van der Waals surface area contributed by atoms with Crippen LogP contribution in [0.15, 0.2) is 200 Å². The number of hydrogen-bond donors (Lipinski definition) is 0. The molecule has 1 aliphatic heterocycles. The Balaban J connectivity index is 1.11. The second-order valence-corrected chi connectivity index (χ2v) is 17.0. The van der Waals surface area contributed by atoms with Crippen LogP contribution >= 0.6 is 11.3 Å². The lowest BCUT2D eigenvalue weighted by atomic mass is 9.65. The highest BCUT2D eigenvalue weighted by Gasteiger charge is 2.52. The lowest BCUT2D eigenvalue weighted by Gasteiger charge is -2.40. The molecule has 0 saturated heterocycles. The number of fused-ring (bicyclic) bond motifs is 12. The van der Waals surface area contributed by atoms with Crippen molar-refractivity contribution in [3.8, 4) is 79.4 Å². The summed E-state index contributed by atoms with van der Waals surface area (Å²) in [7, 11) is 0. The summed E-state index contributed by atoms with van der Waals surface area (Å²) in [6.07, 6.45) is 0. The SMILES string of the molecule is c1ccc(-c2nc(-c3ccccc3)nc(-c3ccc4c(c3)-c3cccc(-c5nc(-c6ccccc6)c6sc7ccccc7c6n5)c3C43c4ccccc4Oc4ccccc43)n2)cc1. The number of aromatic nitrogens is 5. The number of hydrogen-bond acceptors (Lipinski definition) is 7. The van der Waals surface area contributed by atoms with E-state index in [1.165, 1.54) is 4.70 Å². The topological polar surface area (TPSA) is 73.7 Å². The van der Waals surface area contributed by atoms with Crippen LogP contribution in [0.1, 0.15) is 22.3 Å². The number of benzene rings is 8. The molecule has 13 rings (SSSR count). The first-order valence-electron chi connectivity index (χ1n) is 21.0. The molecule has 294 valence electrons. The summed E-state index contributed by atoms with van der Waals surface area (Å²) in [6.45, 7) is 0. The monoisotopic (exact) mass is 823 g/mol. The predicted molar refractivity (Wildman–Crippen MR) is 253 cm³/mol. The fraction of sp³-hybridized carbons (Fsp3) is 0.0179. The Morgan fingerprint density at radius 1 is 0.381 bits per heavy atom. The van der Waals surface area contributed by atoms with E-state index in [9.17, 15) is 0 Å². The van der Waals surface area contributed by atoms with E-state index in [1.54, 1.807) is 11.3 Å². The molecule has 63 heavy (non-hydrogen) atoms. The van der Waals surface area contributed by atoms with Crippen molar-refractivity contribution in [2.75, 3.05) is 0 Å². The van der Waals surface area contributed by atoms with Gasteiger partial charge < -0.3 is 4.74 Å². The lowest BCUT2D eigenvalue weighted by Crippen LogP contribution is -2.32. The van der Waals surface area contributed by atoms with Crippen LogP contribution in [0.5, 0.6) is 11.5 Å². The summed E-state index contributed by atoms with van der Waals surface area (Å²) in [5.74, 6) is 4.15. The minimum Gasteiger partial charge on any atom is -0.457 e. The molecule has 0 bridgehead atoms. The van der Waals surface area contributed by atoms with Crippen molar-refractivity contribution in [3.05, 3.63) is 222 Å². The molecular weight excluding hydrogens is 791 g/mol. The average Bonchev–Trinajstić information content (AvgIpc) is 3.88. The van der Waals surface area contributed by atoms with Gasteiger partial charge in [0.2, 0.25) is 0 Å². The minimum absolute atomic E-state index is 0.600. The van der Waals surface area contributed by atoms with Gasteiger partial charge in [0, 0.05) is 49.0 Å². The average molecular weight is 824 g/mol. The largest absolute Gasteiger partial charge is 0.457 e. The molecule has 1 aliphatic carbocycles. The van der Waals surface area contributed by atoms with E-state index in [0.717, 1.165) is 94.0 Å². The molecule has 0 unspecified atom stereocenters. The Bertz CT molecular complexity index is 3500. The second kappa shape index (κ2) is 14.0. The van der Waals surface area contributed by atoms with Crippen LogP contribution in [0, 0.1) is 0 Å². The summed E-state index contributed by atoms with van der Waals surface area (Å²) in [6, 6.07) is 69.4. The third kappa shape index (κ3) is 5.40. The zero-order valence-electron chi connectivity index (χ0n) is 33.6. The first kappa shape index (κ1) is 35.6. The van der Waals surface area contributed by atoms with Crippen LogP contribution in [0.2, 0.25) is 0 Å². The van der Waals surface area contributed by atoms with Gasteiger partial charge in [-0.25, -0.2) is 24.9 Å². The normalized spacial score (nSPS) is 13.0. The van der Waals surface area contributed by atoms with Gasteiger partial charge in [-0.2, -0.15) is 0 Å². The van der Waals surface area contributed by atoms with Crippen molar-refractivity contribution in [1.82, 2.24) is 24.9 Å². The molecule has 4 heterocycles. The number of nitrogens with zero attached hydrogens (tertiary/aromatic N) is 5. The molecule has 3 aromatic heterocycles. The molecule has 0 radical (unpaired) electrons. The summed E-state index contributed by atoms with van der Waals surface area (Å²) in [5, 5.41) is 1.12. The summed E-state index contributed by atoms with van der Waals surface area (Å²) < 4.78 is 9.02. The molecule has 7 heteroatoms. The molecule has 0 fully saturated rings. The van der Waals surface area contributed by atoms with Crippen molar-refractivity contribution >= 4 is 31.6 Å². The maximum absolute atomic E-state index is 6.76. The van der Waals surface area contributed by atoms with Crippen molar-refractivity contribution in [2.24, 2.45) is 0 Å². The minimum atomic E-state index is -0.781. The van der Waals surface area contributed by atoms with Gasteiger partial charge in [-0.05, 0) is 46.5 Å². The zero-order valence-corrected chi connectivity index (χ0v) is 34.4. The summed E-state index contributed by atoms with van der Waals surface area (Å²) in [4.78, 5) is 26.4. The summed E-state index contributed by atoms with van der Waals surface area (Å²) >= 11 is 1.75. The quantitative estimate of drug-likeness (QED) is 0.172. The van der Waals surface area contributed by atoms with Crippen molar-refractivity contribution in [1.29, 1.82) is 0 Å². The second-order valence-electron chi connectivity index (χ2n) is 15.9. The van der Waals surface area contributed by atoms with Gasteiger partial charge in [-0.15, -0.1) is 11.3 Å². The molecule has 11 aromatic rings. The number of rotatable bonds is 5. The van der Waals surface area contributed by atoms with Gasteiger partial charge in [0.25, 0.3) is 0 Å². The standard InChI is InChI=1S/C56H33N5OS/c1-4-17-34(18-5-1)49-51-50(39-23-10-15-30-47(39)63-51)58-55(57-49)40-25-16-24-38-41-33-37(54-60-52(35-19-6-2-7-20-35)59-53(61-54)36-21-8-3-9-22-36)31-32-42(41)56(48(38)40)43-26-11-13-28-45(43)62-46-29-14-12-27-44(46)56/h1-33H. The first-order valence-corrected chi connectivity index (χ1v) is 21.8. The molecule has 1 spiro atoms. The van der Waals surface area contributed by atoms with Crippen molar-refractivity contribution in [3.63, 3.8) is 0 Å². The van der Waals surface area contributed by atoms with Crippen LogP contribution in [0.4, 0.5) is 0 Å². The van der Waals surface area contributed by atoms with E-state index in [1.807, 2.05) is 72.8 Å².